The molecule has 2 aromatic carbocycles. The minimum absolute atomic E-state index is 0.0869. The summed E-state index contributed by atoms with van der Waals surface area (Å²) >= 11 is 0. The highest BCUT2D eigenvalue weighted by molar-refractivity contribution is 6.39. The topological polar surface area (TPSA) is 91.6 Å². The minimum Gasteiger partial charge on any atom is -0.504 e. The van der Waals surface area contributed by atoms with Gasteiger partial charge in [-0.3, -0.25) is 0 Å². The number of nitrogens with one attached hydrogen (secondary N) is 1. The molecule has 0 spiro atoms. The van der Waals surface area contributed by atoms with E-state index < -0.39 is 17.7 Å². The molecule has 1 heterocycles. The Hall–Kier alpha value is -3.54. The molecule has 2 N–H and O–H groups in total. The second-order valence-corrected chi connectivity index (χ2v) is 7.64. The van der Waals surface area contributed by atoms with E-state index in [1.165, 1.54) is 24.3 Å². The number of anilines is 1. The molecule has 0 radical (unpaired) electrons. The molecule has 31 heavy (non-hydrogen) atoms. The standard InChI is InChI=1S/C20H17B2F3N2O4/c1-10(18(28)29)9-27-16-6-13(11-2-4-12(5-3-11)30-20(23,24)25)17-14(15(16)8-26)7-19(21,22)31-17/h2-6,27H,1,7,9,21-22H2,(H,28,29). The average Bonchev–Trinajstić information content (AvgIpc) is 2.99. The first-order valence-corrected chi connectivity index (χ1v) is 9.20. The SMILES string of the molecule is BC1(B)Cc2c(C#N)c(NCC(=C)C(=O)O)cc(-c3ccc(OC(F)(F)F)cc3)c2O1. The molecule has 158 valence electrons. The van der Waals surface area contributed by atoms with E-state index >= 15 is 0 Å². The van der Waals surface area contributed by atoms with Crippen LogP contribution in [0.5, 0.6) is 11.5 Å². The maximum absolute atomic E-state index is 12.4. The molecule has 0 atom stereocenters. The quantitative estimate of drug-likeness (QED) is 0.541. The summed E-state index contributed by atoms with van der Waals surface area (Å²) in [5.74, 6) is -1.07. The molecule has 6 nitrogen and oxygen atoms in total. The molecule has 11 heteroatoms. The highest BCUT2D eigenvalue weighted by Gasteiger charge is 2.35. The van der Waals surface area contributed by atoms with Crippen LogP contribution in [0.3, 0.4) is 0 Å². The summed E-state index contributed by atoms with van der Waals surface area (Å²) in [6, 6.07) is 9.04. The van der Waals surface area contributed by atoms with Crippen LogP contribution in [0.4, 0.5) is 18.9 Å². The van der Waals surface area contributed by atoms with Gasteiger partial charge in [0.25, 0.3) is 0 Å². The van der Waals surface area contributed by atoms with Crippen LogP contribution in [0.1, 0.15) is 11.1 Å². The Bertz CT molecular complexity index is 1090. The molecular weight excluding hydrogens is 411 g/mol. The van der Waals surface area contributed by atoms with Crippen molar-refractivity contribution in [1.82, 2.24) is 0 Å². The predicted molar refractivity (Wildman–Crippen MR) is 113 cm³/mol. The van der Waals surface area contributed by atoms with Crippen molar-refractivity contribution in [2.45, 2.75) is 18.2 Å². The molecule has 1 aliphatic rings. The number of carboxylic acids is 1. The normalized spacial score (nSPS) is 14.1. The highest BCUT2D eigenvalue weighted by atomic mass is 19.4. The van der Waals surface area contributed by atoms with Gasteiger partial charge in [0.15, 0.2) is 0 Å². The van der Waals surface area contributed by atoms with E-state index in [4.69, 9.17) is 9.84 Å². The van der Waals surface area contributed by atoms with Crippen molar-refractivity contribution in [1.29, 1.82) is 5.26 Å². The number of alkyl halides is 3. The fraction of sp³-hybridized carbons (Fsp3) is 0.200. The largest absolute Gasteiger partial charge is 0.573 e. The van der Waals surface area contributed by atoms with Gasteiger partial charge < -0.3 is 19.9 Å². The number of nitriles is 1. The second kappa shape index (κ2) is 7.95. The van der Waals surface area contributed by atoms with Crippen LogP contribution in [0.2, 0.25) is 0 Å². The molecule has 0 saturated heterocycles. The van der Waals surface area contributed by atoms with Crippen LogP contribution in [-0.4, -0.2) is 45.1 Å². The summed E-state index contributed by atoms with van der Waals surface area (Å²) in [5, 5.41) is 21.1. The molecule has 2 aromatic rings. The number of ether oxygens (including phenoxy) is 2. The maximum Gasteiger partial charge on any atom is 0.573 e. The van der Waals surface area contributed by atoms with Gasteiger partial charge in [0.2, 0.25) is 0 Å². The first kappa shape index (κ1) is 22.2. The Morgan fingerprint density at radius 3 is 2.55 bits per heavy atom. The third kappa shape index (κ3) is 4.97. The van der Waals surface area contributed by atoms with Gasteiger partial charge in [-0.1, -0.05) is 18.7 Å². The molecule has 0 aromatic heterocycles. The third-order valence-electron chi connectivity index (χ3n) is 4.66. The summed E-state index contributed by atoms with van der Waals surface area (Å²) in [6.07, 6.45) is -4.36. The minimum atomic E-state index is -4.80. The lowest BCUT2D eigenvalue weighted by molar-refractivity contribution is -0.274. The van der Waals surface area contributed by atoms with Crippen LogP contribution in [-0.2, 0) is 11.2 Å². The number of hydrogen-bond donors (Lipinski definition) is 2. The Kier molecular flexibility index (Phi) is 5.68. The summed E-state index contributed by atoms with van der Waals surface area (Å²) in [7, 11) is 3.72. The van der Waals surface area contributed by atoms with Gasteiger partial charge in [-0.05, 0) is 23.8 Å². The van der Waals surface area contributed by atoms with E-state index in [0.717, 1.165) is 0 Å². The van der Waals surface area contributed by atoms with E-state index in [-0.39, 0.29) is 17.9 Å². The van der Waals surface area contributed by atoms with Gasteiger partial charge in [0.1, 0.15) is 33.3 Å². The fourth-order valence-corrected chi connectivity index (χ4v) is 3.34. The Morgan fingerprint density at radius 1 is 1.35 bits per heavy atom. The number of aliphatic carboxylic acids is 1. The van der Waals surface area contributed by atoms with E-state index in [0.29, 0.717) is 40.1 Å². The summed E-state index contributed by atoms with van der Waals surface area (Å²) in [4.78, 5) is 11.1. The number of nitrogens with zero attached hydrogens (tertiary/aromatic N) is 1. The average molecular weight is 428 g/mol. The molecule has 0 bridgehead atoms. The number of fused-ring (bicyclic) bond motifs is 1. The first-order valence-electron chi connectivity index (χ1n) is 9.20. The Labute approximate surface area is 178 Å². The number of carboxylic acid groups (broad SMARTS) is 1. The maximum atomic E-state index is 12.4. The zero-order valence-corrected chi connectivity index (χ0v) is 16.8. The number of carbonyl (C=O) groups is 1. The van der Waals surface area contributed by atoms with Crippen molar-refractivity contribution >= 4 is 27.3 Å². The molecule has 0 unspecified atom stereocenters. The zero-order valence-electron chi connectivity index (χ0n) is 16.8. The van der Waals surface area contributed by atoms with Crippen molar-refractivity contribution in [3.63, 3.8) is 0 Å². The lowest BCUT2D eigenvalue weighted by Gasteiger charge is -2.19. The monoisotopic (exact) mass is 428 g/mol. The van der Waals surface area contributed by atoms with Gasteiger partial charge in [0.05, 0.1) is 11.3 Å². The molecule has 0 fully saturated rings. The van der Waals surface area contributed by atoms with Crippen LogP contribution < -0.4 is 14.8 Å². The second-order valence-electron chi connectivity index (χ2n) is 7.64. The smallest absolute Gasteiger partial charge is 0.504 e. The van der Waals surface area contributed by atoms with Crippen LogP contribution in [0.15, 0.2) is 42.5 Å². The first-order chi connectivity index (χ1) is 14.4. The molecule has 0 aliphatic carbocycles. The predicted octanol–water partition coefficient (Wildman–Crippen LogP) is 2.03. The van der Waals surface area contributed by atoms with Gasteiger partial charge in [-0.15, -0.1) is 13.2 Å². The van der Waals surface area contributed by atoms with Crippen molar-refractivity contribution in [3.05, 3.63) is 53.6 Å². The van der Waals surface area contributed by atoms with Crippen molar-refractivity contribution in [2.24, 2.45) is 0 Å². The summed E-state index contributed by atoms with van der Waals surface area (Å²) in [6.45, 7) is 3.37. The van der Waals surface area contributed by atoms with Gasteiger partial charge in [0, 0.05) is 35.1 Å². The Balaban J connectivity index is 2.06. The third-order valence-corrected chi connectivity index (χ3v) is 4.66. The summed E-state index contributed by atoms with van der Waals surface area (Å²) in [5.41, 5.74) is 2.37. The Morgan fingerprint density at radius 2 is 2.00 bits per heavy atom. The van der Waals surface area contributed by atoms with Gasteiger partial charge in [-0.2, -0.15) is 5.26 Å². The molecule has 0 saturated carbocycles. The van der Waals surface area contributed by atoms with E-state index in [1.807, 2.05) is 15.7 Å². The lowest BCUT2D eigenvalue weighted by atomic mass is 9.63. The molecule has 1 aliphatic heterocycles. The number of halogens is 3. The van der Waals surface area contributed by atoms with Crippen molar-refractivity contribution in [3.8, 4) is 28.7 Å². The fourth-order valence-electron chi connectivity index (χ4n) is 3.34. The number of benzene rings is 2. The lowest BCUT2D eigenvalue weighted by Crippen LogP contribution is -2.35. The van der Waals surface area contributed by atoms with E-state index in [2.05, 4.69) is 22.7 Å². The van der Waals surface area contributed by atoms with Crippen molar-refractivity contribution < 1.29 is 32.5 Å². The molecule has 3 rings (SSSR count). The van der Waals surface area contributed by atoms with Gasteiger partial charge >= 0.3 is 12.3 Å². The van der Waals surface area contributed by atoms with Crippen LogP contribution in [0, 0.1) is 11.3 Å². The number of hydrogen-bond acceptors (Lipinski definition) is 5. The highest BCUT2D eigenvalue weighted by Crippen LogP contribution is 2.45. The summed E-state index contributed by atoms with van der Waals surface area (Å²) < 4.78 is 47.3. The van der Waals surface area contributed by atoms with Gasteiger partial charge in [-0.25, -0.2) is 4.79 Å². The van der Waals surface area contributed by atoms with Crippen molar-refractivity contribution in [2.75, 3.05) is 11.9 Å². The number of rotatable bonds is 6. The van der Waals surface area contributed by atoms with E-state index in [9.17, 15) is 23.2 Å². The zero-order chi connectivity index (χ0) is 23.0. The molecular formula is C20H17B2F3N2O4. The van der Waals surface area contributed by atoms with Crippen LogP contribution in [0.25, 0.3) is 11.1 Å². The van der Waals surface area contributed by atoms with E-state index in [1.54, 1.807) is 6.07 Å². The molecule has 0 amide bonds. The van der Waals surface area contributed by atoms with Crippen LogP contribution >= 0.6 is 0 Å².